The van der Waals surface area contributed by atoms with Gasteiger partial charge in [0.2, 0.25) is 5.91 Å². The molecule has 0 radical (unpaired) electrons. The number of amides is 1. The molecular weight excluding hydrogens is 274 g/mol. The second kappa shape index (κ2) is 5.70. The molecule has 0 spiro atoms. The van der Waals surface area contributed by atoms with Crippen molar-refractivity contribution in [3.63, 3.8) is 0 Å². The molecule has 2 heterocycles. The van der Waals surface area contributed by atoms with Crippen LogP contribution < -0.4 is 5.32 Å². The summed E-state index contributed by atoms with van der Waals surface area (Å²) >= 11 is 1.45. The predicted molar refractivity (Wildman–Crippen MR) is 78.8 cm³/mol. The van der Waals surface area contributed by atoms with Crippen LogP contribution >= 0.6 is 11.3 Å². The summed E-state index contributed by atoms with van der Waals surface area (Å²) in [4.78, 5) is 20.3. The molecular formula is C13H19N5OS. The van der Waals surface area contributed by atoms with E-state index < -0.39 is 0 Å². The Labute approximate surface area is 122 Å². The van der Waals surface area contributed by atoms with Crippen LogP contribution in [-0.2, 0) is 10.2 Å². The number of rotatable bonds is 4. The Hall–Kier alpha value is -1.76. The van der Waals surface area contributed by atoms with E-state index in [1.54, 1.807) is 11.0 Å². The maximum Gasteiger partial charge on any atom is 0.228 e. The van der Waals surface area contributed by atoms with E-state index in [9.17, 15) is 4.79 Å². The van der Waals surface area contributed by atoms with Gasteiger partial charge in [0.15, 0.2) is 5.13 Å². The summed E-state index contributed by atoms with van der Waals surface area (Å²) in [5.74, 6) is -0.0668. The van der Waals surface area contributed by atoms with Gasteiger partial charge in [-0.3, -0.25) is 4.79 Å². The van der Waals surface area contributed by atoms with Crippen LogP contribution in [0.15, 0.2) is 18.0 Å². The molecule has 1 amide bonds. The van der Waals surface area contributed by atoms with Gasteiger partial charge in [-0.15, -0.1) is 11.3 Å². The molecule has 0 aliphatic heterocycles. The molecule has 6 nitrogen and oxygen atoms in total. The molecule has 0 saturated heterocycles. The van der Waals surface area contributed by atoms with Crippen molar-refractivity contribution < 1.29 is 4.79 Å². The van der Waals surface area contributed by atoms with Crippen LogP contribution in [0.1, 0.15) is 45.9 Å². The van der Waals surface area contributed by atoms with Crippen LogP contribution in [-0.4, -0.2) is 25.7 Å². The van der Waals surface area contributed by atoms with Crippen molar-refractivity contribution in [2.45, 2.75) is 45.6 Å². The number of hydrogen-bond donors (Lipinski definition) is 1. The highest BCUT2D eigenvalue weighted by Gasteiger charge is 2.18. The Bertz CT molecular complexity index is 570. The first kappa shape index (κ1) is 14.6. The summed E-state index contributed by atoms with van der Waals surface area (Å²) in [7, 11) is 0. The minimum atomic E-state index is -0.0668. The minimum absolute atomic E-state index is 0.00645. The van der Waals surface area contributed by atoms with Gasteiger partial charge in [-0.1, -0.05) is 20.8 Å². The van der Waals surface area contributed by atoms with Crippen molar-refractivity contribution in [2.75, 3.05) is 5.32 Å². The molecule has 108 valence electrons. The van der Waals surface area contributed by atoms with Gasteiger partial charge in [-0.2, -0.15) is 5.10 Å². The summed E-state index contributed by atoms with van der Waals surface area (Å²) in [6.45, 7) is 8.22. The van der Waals surface area contributed by atoms with Crippen LogP contribution in [0.3, 0.4) is 0 Å². The number of hydrogen-bond acceptors (Lipinski definition) is 5. The Morgan fingerprint density at radius 1 is 1.50 bits per heavy atom. The lowest BCUT2D eigenvalue weighted by atomic mass is 9.93. The van der Waals surface area contributed by atoms with Crippen LogP contribution in [0.4, 0.5) is 5.13 Å². The van der Waals surface area contributed by atoms with E-state index in [1.165, 1.54) is 17.7 Å². The number of aromatic nitrogens is 4. The standard InChI is InChI=1S/C13H19N5OS/c1-9(18-8-14-7-15-18)5-11(19)17-12-16-10(6-20-12)13(2,3)4/h6-9H,5H2,1-4H3,(H,16,17,19)/t9-/m1/s1. The third-order valence-electron chi connectivity index (χ3n) is 2.89. The highest BCUT2D eigenvalue weighted by Crippen LogP contribution is 2.26. The summed E-state index contributed by atoms with van der Waals surface area (Å²) < 4.78 is 1.67. The van der Waals surface area contributed by atoms with Crippen LogP contribution in [0.5, 0.6) is 0 Å². The van der Waals surface area contributed by atoms with E-state index in [1.807, 2.05) is 12.3 Å². The van der Waals surface area contributed by atoms with Gasteiger partial charge in [-0.05, 0) is 6.92 Å². The van der Waals surface area contributed by atoms with E-state index in [0.29, 0.717) is 11.6 Å². The minimum Gasteiger partial charge on any atom is -0.302 e. The van der Waals surface area contributed by atoms with Crippen LogP contribution in [0.25, 0.3) is 0 Å². The van der Waals surface area contributed by atoms with Gasteiger partial charge < -0.3 is 5.32 Å². The number of nitrogens with one attached hydrogen (secondary N) is 1. The van der Waals surface area contributed by atoms with Crippen LogP contribution in [0, 0.1) is 0 Å². The van der Waals surface area contributed by atoms with Crippen molar-refractivity contribution in [1.29, 1.82) is 0 Å². The predicted octanol–water partition coefficient (Wildman–Crippen LogP) is 2.62. The lowest BCUT2D eigenvalue weighted by molar-refractivity contribution is -0.116. The highest BCUT2D eigenvalue weighted by atomic mass is 32.1. The number of anilines is 1. The summed E-state index contributed by atoms with van der Waals surface area (Å²) in [5, 5.41) is 9.49. The second-order valence-electron chi connectivity index (χ2n) is 5.76. The van der Waals surface area contributed by atoms with Gasteiger partial charge in [0, 0.05) is 17.2 Å². The first-order valence-electron chi connectivity index (χ1n) is 6.46. The van der Waals surface area contributed by atoms with Gasteiger partial charge >= 0.3 is 0 Å². The molecule has 0 unspecified atom stereocenters. The molecule has 1 atom stereocenters. The smallest absolute Gasteiger partial charge is 0.228 e. The fourth-order valence-electron chi connectivity index (χ4n) is 1.65. The quantitative estimate of drug-likeness (QED) is 0.940. The van der Waals surface area contributed by atoms with Crippen molar-refractivity contribution in [3.05, 3.63) is 23.7 Å². The zero-order valence-electron chi connectivity index (χ0n) is 12.1. The number of nitrogens with zero attached hydrogens (tertiary/aromatic N) is 4. The Morgan fingerprint density at radius 2 is 2.25 bits per heavy atom. The maximum absolute atomic E-state index is 12.0. The third kappa shape index (κ3) is 3.63. The van der Waals surface area contributed by atoms with Crippen molar-refractivity contribution in [2.24, 2.45) is 0 Å². The molecule has 0 aromatic carbocycles. The largest absolute Gasteiger partial charge is 0.302 e. The zero-order valence-corrected chi connectivity index (χ0v) is 12.9. The van der Waals surface area contributed by atoms with Crippen molar-refractivity contribution in [1.82, 2.24) is 19.7 Å². The van der Waals surface area contributed by atoms with Gasteiger partial charge in [-0.25, -0.2) is 14.6 Å². The fourth-order valence-corrected chi connectivity index (χ4v) is 2.61. The topological polar surface area (TPSA) is 72.7 Å². The monoisotopic (exact) mass is 293 g/mol. The molecule has 0 aliphatic rings. The molecule has 1 N–H and O–H groups in total. The lowest BCUT2D eigenvalue weighted by Crippen LogP contribution is -2.18. The number of carbonyl (C=O) groups excluding carboxylic acids is 1. The Kier molecular flexibility index (Phi) is 4.17. The molecule has 0 bridgehead atoms. The zero-order chi connectivity index (χ0) is 14.8. The highest BCUT2D eigenvalue weighted by molar-refractivity contribution is 7.13. The maximum atomic E-state index is 12.0. The second-order valence-corrected chi connectivity index (χ2v) is 6.62. The van der Waals surface area contributed by atoms with Crippen LogP contribution in [0.2, 0.25) is 0 Å². The summed E-state index contributed by atoms with van der Waals surface area (Å²) in [5.41, 5.74) is 0.982. The molecule has 0 saturated carbocycles. The van der Waals surface area contributed by atoms with E-state index in [2.05, 4.69) is 41.2 Å². The summed E-state index contributed by atoms with van der Waals surface area (Å²) in [6.07, 6.45) is 3.41. The molecule has 0 aliphatic carbocycles. The Morgan fingerprint density at radius 3 is 2.80 bits per heavy atom. The first-order valence-corrected chi connectivity index (χ1v) is 7.34. The van der Waals surface area contributed by atoms with E-state index in [0.717, 1.165) is 5.69 Å². The summed E-state index contributed by atoms with van der Waals surface area (Å²) in [6, 6.07) is -0.0282. The van der Waals surface area contributed by atoms with Crippen molar-refractivity contribution >= 4 is 22.4 Å². The average Bonchev–Trinajstić information content (AvgIpc) is 2.97. The molecule has 2 aromatic heterocycles. The van der Waals surface area contributed by atoms with E-state index in [4.69, 9.17) is 0 Å². The lowest BCUT2D eigenvalue weighted by Gasteiger charge is -2.14. The van der Waals surface area contributed by atoms with Gasteiger partial charge in [0.1, 0.15) is 12.7 Å². The molecule has 0 fully saturated rings. The molecule has 7 heteroatoms. The molecule has 2 aromatic rings. The average molecular weight is 293 g/mol. The van der Waals surface area contributed by atoms with Gasteiger partial charge in [0.25, 0.3) is 0 Å². The fraction of sp³-hybridized carbons (Fsp3) is 0.538. The van der Waals surface area contributed by atoms with Crippen molar-refractivity contribution in [3.8, 4) is 0 Å². The number of carbonyl (C=O) groups is 1. The number of thiazole rings is 1. The first-order chi connectivity index (χ1) is 9.36. The van der Waals surface area contributed by atoms with Gasteiger partial charge in [0.05, 0.1) is 11.7 Å². The molecule has 2 rings (SSSR count). The third-order valence-corrected chi connectivity index (χ3v) is 3.65. The Balaban J connectivity index is 1.93. The SMILES string of the molecule is C[C@H](CC(=O)Nc1nc(C(C)(C)C)cs1)n1cncn1. The van der Waals surface area contributed by atoms with E-state index >= 15 is 0 Å². The van der Waals surface area contributed by atoms with E-state index in [-0.39, 0.29) is 17.4 Å². The molecule has 20 heavy (non-hydrogen) atoms. The normalized spacial score (nSPS) is 13.2.